The highest BCUT2D eigenvalue weighted by atomic mass is 16.5. The van der Waals surface area contributed by atoms with E-state index in [0.29, 0.717) is 12.1 Å². The van der Waals surface area contributed by atoms with Crippen LogP contribution in [0.25, 0.3) is 0 Å². The minimum Gasteiger partial charge on any atom is -0.497 e. The maximum absolute atomic E-state index is 5.32. The Morgan fingerprint density at radius 1 is 1.25 bits per heavy atom. The second-order valence-corrected chi connectivity index (χ2v) is 6.14. The maximum atomic E-state index is 5.32. The highest BCUT2D eigenvalue weighted by Crippen LogP contribution is 2.27. The zero-order valence-corrected chi connectivity index (χ0v) is 13.2. The van der Waals surface area contributed by atoms with Crippen molar-refractivity contribution >= 4 is 0 Å². The highest BCUT2D eigenvalue weighted by molar-refractivity contribution is 5.30. The average Bonchev–Trinajstić information content (AvgIpc) is 2.72. The summed E-state index contributed by atoms with van der Waals surface area (Å²) in [7, 11) is 1.73. The van der Waals surface area contributed by atoms with Gasteiger partial charge in [-0.2, -0.15) is 0 Å². The van der Waals surface area contributed by atoms with E-state index < -0.39 is 0 Å². The molecule has 3 unspecified atom stereocenters. The molecule has 0 radical (unpaired) electrons. The van der Waals surface area contributed by atoms with Crippen LogP contribution >= 0.6 is 0 Å². The third-order valence-corrected chi connectivity index (χ3v) is 4.75. The lowest BCUT2D eigenvalue weighted by atomic mass is 9.97. The van der Waals surface area contributed by atoms with E-state index in [1.165, 1.54) is 44.1 Å². The largest absolute Gasteiger partial charge is 0.497 e. The average molecular weight is 275 g/mol. The molecule has 1 N–H and O–H groups in total. The number of rotatable bonds is 5. The van der Waals surface area contributed by atoms with Crippen molar-refractivity contribution in [3.63, 3.8) is 0 Å². The number of methoxy groups -OCH3 is 1. The van der Waals surface area contributed by atoms with Crippen LogP contribution in [0.3, 0.4) is 0 Å². The molecule has 2 heteroatoms. The van der Waals surface area contributed by atoms with E-state index in [0.717, 1.165) is 11.7 Å². The second-order valence-electron chi connectivity index (χ2n) is 6.14. The van der Waals surface area contributed by atoms with Gasteiger partial charge >= 0.3 is 0 Å². The predicted molar refractivity (Wildman–Crippen MR) is 85.2 cm³/mol. The van der Waals surface area contributed by atoms with Gasteiger partial charge in [-0.25, -0.2) is 0 Å². The number of hydrogen-bond donors (Lipinski definition) is 1. The number of nitrogens with one attached hydrogen (secondary N) is 1. The van der Waals surface area contributed by atoms with E-state index in [9.17, 15) is 0 Å². The van der Waals surface area contributed by atoms with E-state index in [1.807, 2.05) is 6.07 Å². The first-order valence-corrected chi connectivity index (χ1v) is 8.13. The molecule has 1 aliphatic rings. The minimum absolute atomic E-state index is 0.397. The Morgan fingerprint density at radius 3 is 2.85 bits per heavy atom. The smallest absolute Gasteiger partial charge is 0.119 e. The fourth-order valence-corrected chi connectivity index (χ4v) is 3.31. The van der Waals surface area contributed by atoms with Gasteiger partial charge in [0.1, 0.15) is 5.75 Å². The molecule has 0 aliphatic heterocycles. The van der Waals surface area contributed by atoms with Gasteiger partial charge < -0.3 is 10.1 Å². The lowest BCUT2D eigenvalue weighted by Crippen LogP contribution is -2.31. The fraction of sp³-hybridized carbons (Fsp3) is 0.667. The number of ether oxygens (including phenoxy) is 1. The van der Waals surface area contributed by atoms with Crippen LogP contribution in [0.15, 0.2) is 24.3 Å². The van der Waals surface area contributed by atoms with Crippen LogP contribution in [0, 0.1) is 5.92 Å². The van der Waals surface area contributed by atoms with Crippen molar-refractivity contribution in [3.8, 4) is 5.75 Å². The SMILES string of the molecule is CCC1CCCC(NC(C)c2cccc(OC)c2)CC1. The van der Waals surface area contributed by atoms with Crippen LogP contribution in [-0.4, -0.2) is 13.2 Å². The predicted octanol–water partition coefficient (Wildman–Crippen LogP) is 4.70. The molecule has 20 heavy (non-hydrogen) atoms. The van der Waals surface area contributed by atoms with Crippen LogP contribution < -0.4 is 10.1 Å². The first-order valence-electron chi connectivity index (χ1n) is 8.13. The van der Waals surface area contributed by atoms with Crippen LogP contribution in [0.5, 0.6) is 5.75 Å². The number of hydrogen-bond acceptors (Lipinski definition) is 2. The van der Waals surface area contributed by atoms with E-state index in [2.05, 4.69) is 37.4 Å². The van der Waals surface area contributed by atoms with Crippen molar-refractivity contribution in [1.82, 2.24) is 5.32 Å². The molecular weight excluding hydrogens is 246 g/mol. The number of benzene rings is 1. The molecule has 3 atom stereocenters. The zero-order chi connectivity index (χ0) is 14.4. The van der Waals surface area contributed by atoms with Gasteiger partial charge in [0.2, 0.25) is 0 Å². The van der Waals surface area contributed by atoms with Crippen LogP contribution in [-0.2, 0) is 0 Å². The normalized spacial score (nSPS) is 24.9. The molecule has 1 fully saturated rings. The maximum Gasteiger partial charge on any atom is 0.119 e. The Morgan fingerprint density at radius 2 is 2.10 bits per heavy atom. The Hall–Kier alpha value is -1.02. The molecule has 1 saturated carbocycles. The van der Waals surface area contributed by atoms with Crippen molar-refractivity contribution in [2.24, 2.45) is 5.92 Å². The molecule has 1 aromatic carbocycles. The molecule has 0 saturated heterocycles. The molecule has 0 aromatic heterocycles. The lowest BCUT2D eigenvalue weighted by Gasteiger charge is -2.23. The molecule has 112 valence electrons. The molecule has 0 bridgehead atoms. The Labute approximate surface area is 123 Å². The van der Waals surface area contributed by atoms with E-state index >= 15 is 0 Å². The van der Waals surface area contributed by atoms with Gasteiger partial charge in [0.05, 0.1) is 7.11 Å². The summed E-state index contributed by atoms with van der Waals surface area (Å²) in [5.74, 6) is 1.90. The lowest BCUT2D eigenvalue weighted by molar-refractivity contribution is 0.395. The van der Waals surface area contributed by atoms with Gasteiger partial charge in [0, 0.05) is 12.1 Å². The van der Waals surface area contributed by atoms with Gasteiger partial charge in [-0.1, -0.05) is 38.3 Å². The summed E-state index contributed by atoms with van der Waals surface area (Å²) in [6.07, 6.45) is 8.18. The Bertz CT molecular complexity index is 404. The zero-order valence-electron chi connectivity index (χ0n) is 13.2. The standard InChI is InChI=1S/C18H29NO/c1-4-15-7-5-9-17(12-11-15)19-14(2)16-8-6-10-18(13-16)20-3/h6,8,10,13-15,17,19H,4-5,7,9,11-12H2,1-3H3. The molecule has 0 spiro atoms. The van der Waals surface area contributed by atoms with Crippen molar-refractivity contribution in [1.29, 1.82) is 0 Å². The van der Waals surface area contributed by atoms with E-state index in [-0.39, 0.29) is 0 Å². The molecule has 2 rings (SSSR count). The minimum atomic E-state index is 0.397. The quantitative estimate of drug-likeness (QED) is 0.786. The van der Waals surface area contributed by atoms with E-state index in [4.69, 9.17) is 4.74 Å². The third kappa shape index (κ3) is 4.24. The summed E-state index contributed by atoms with van der Waals surface area (Å²) < 4.78 is 5.32. The summed E-state index contributed by atoms with van der Waals surface area (Å²) in [6.45, 7) is 4.59. The van der Waals surface area contributed by atoms with Gasteiger partial charge in [-0.3, -0.25) is 0 Å². The van der Waals surface area contributed by atoms with Crippen LogP contribution in [0.1, 0.15) is 64.0 Å². The van der Waals surface area contributed by atoms with Crippen LogP contribution in [0.2, 0.25) is 0 Å². The summed E-state index contributed by atoms with van der Waals surface area (Å²) in [5, 5.41) is 3.82. The van der Waals surface area contributed by atoms with E-state index in [1.54, 1.807) is 7.11 Å². The molecule has 2 nitrogen and oxygen atoms in total. The highest BCUT2D eigenvalue weighted by Gasteiger charge is 2.19. The van der Waals surface area contributed by atoms with Crippen molar-refractivity contribution < 1.29 is 4.74 Å². The van der Waals surface area contributed by atoms with Gasteiger partial charge in [0.25, 0.3) is 0 Å². The first kappa shape index (κ1) is 15.4. The summed E-state index contributed by atoms with van der Waals surface area (Å²) >= 11 is 0. The molecule has 1 aliphatic carbocycles. The second kappa shape index (κ2) is 7.68. The van der Waals surface area contributed by atoms with Crippen molar-refractivity contribution in [3.05, 3.63) is 29.8 Å². The third-order valence-electron chi connectivity index (χ3n) is 4.75. The Kier molecular flexibility index (Phi) is 5.90. The molecule has 1 aromatic rings. The van der Waals surface area contributed by atoms with Crippen molar-refractivity contribution in [2.75, 3.05) is 7.11 Å². The van der Waals surface area contributed by atoms with Gasteiger partial charge in [-0.15, -0.1) is 0 Å². The van der Waals surface area contributed by atoms with Gasteiger partial charge in [0.15, 0.2) is 0 Å². The molecule has 0 amide bonds. The topological polar surface area (TPSA) is 21.3 Å². The first-order chi connectivity index (χ1) is 9.72. The summed E-state index contributed by atoms with van der Waals surface area (Å²) in [5.41, 5.74) is 1.32. The summed E-state index contributed by atoms with van der Waals surface area (Å²) in [4.78, 5) is 0. The fourth-order valence-electron chi connectivity index (χ4n) is 3.31. The van der Waals surface area contributed by atoms with Gasteiger partial charge in [-0.05, 0) is 49.8 Å². The van der Waals surface area contributed by atoms with Crippen molar-refractivity contribution in [2.45, 2.75) is 64.5 Å². The summed E-state index contributed by atoms with van der Waals surface area (Å²) in [6, 6.07) is 9.48. The molecule has 0 heterocycles. The van der Waals surface area contributed by atoms with Crippen LogP contribution in [0.4, 0.5) is 0 Å². The Balaban J connectivity index is 1.91. The molecular formula is C18H29NO. The monoisotopic (exact) mass is 275 g/mol.